The van der Waals surface area contributed by atoms with Crippen molar-refractivity contribution < 1.29 is 19.5 Å². The predicted molar refractivity (Wildman–Crippen MR) is 109 cm³/mol. The first-order valence-corrected chi connectivity index (χ1v) is 10.3. The molecule has 2 N–H and O–H groups in total. The summed E-state index contributed by atoms with van der Waals surface area (Å²) in [4.78, 5) is 13.6. The number of piperidine rings is 1. The number of esters is 1. The Bertz CT molecular complexity index is 632. The molecular weight excluding hydrogens is 338 g/mol. The zero-order chi connectivity index (χ0) is 20.4. The van der Waals surface area contributed by atoms with Crippen molar-refractivity contribution in [2.24, 2.45) is 5.92 Å². The molecule has 4 heteroatoms. The highest BCUT2D eigenvalue weighted by Crippen LogP contribution is 2.39. The number of hydrogen-bond donors (Lipinski definition) is 2. The van der Waals surface area contributed by atoms with E-state index in [1.165, 1.54) is 10.5 Å². The minimum absolute atomic E-state index is 0.00925. The topological polar surface area (TPSA) is 51.0 Å². The molecule has 0 bridgehead atoms. The van der Waals surface area contributed by atoms with Crippen LogP contribution in [0.4, 0.5) is 0 Å². The Hall–Kier alpha value is -1.55. The lowest BCUT2D eigenvalue weighted by Gasteiger charge is -2.31. The summed E-state index contributed by atoms with van der Waals surface area (Å²) in [6.45, 7) is 17.9. The monoisotopic (exact) mass is 376 g/mol. The Kier molecular flexibility index (Phi) is 6.62. The molecule has 27 heavy (non-hydrogen) atoms. The van der Waals surface area contributed by atoms with Gasteiger partial charge in [0.15, 0.2) is 0 Å². The lowest BCUT2D eigenvalue weighted by molar-refractivity contribution is -0.921. The van der Waals surface area contributed by atoms with E-state index in [4.69, 9.17) is 4.74 Å². The number of carbonyl (C=O) groups excluding carboxylic acids is 1. The second-order valence-corrected chi connectivity index (χ2v) is 10.0. The molecule has 4 nitrogen and oxygen atoms in total. The molecule has 0 aromatic heterocycles. The molecule has 0 amide bonds. The summed E-state index contributed by atoms with van der Waals surface area (Å²) in [7, 11) is 0. The van der Waals surface area contributed by atoms with Crippen molar-refractivity contribution >= 4 is 5.97 Å². The number of ether oxygens (including phenoxy) is 1. The van der Waals surface area contributed by atoms with Gasteiger partial charge >= 0.3 is 5.97 Å². The highest BCUT2D eigenvalue weighted by atomic mass is 16.5. The number of phenolic OH excluding ortho intramolecular Hbond substituents is 1. The Morgan fingerprint density at radius 2 is 1.70 bits per heavy atom. The van der Waals surface area contributed by atoms with Gasteiger partial charge in [0.2, 0.25) is 0 Å². The van der Waals surface area contributed by atoms with Crippen LogP contribution in [0.1, 0.15) is 78.0 Å². The largest absolute Gasteiger partial charge is 0.507 e. The summed E-state index contributed by atoms with van der Waals surface area (Å²) >= 11 is 0. The standard InChI is InChI=1S/C23H37NO3/c1-8-27-21(26)17-10-9-11-24(15-17)14-16-12-18(22(2,3)4)20(25)19(13-16)23(5,6)7/h12-13,17,25H,8-11,14-15H2,1-7H3/p+1/t17-/m0/s1. The van der Waals surface area contributed by atoms with E-state index in [0.717, 1.165) is 43.6 Å². The van der Waals surface area contributed by atoms with Crippen molar-refractivity contribution in [3.63, 3.8) is 0 Å². The maximum atomic E-state index is 12.1. The zero-order valence-electron chi connectivity index (χ0n) is 18.2. The number of carbonyl (C=O) groups is 1. The second-order valence-electron chi connectivity index (χ2n) is 10.0. The molecule has 152 valence electrons. The van der Waals surface area contributed by atoms with Crippen LogP contribution in [0.5, 0.6) is 5.75 Å². The van der Waals surface area contributed by atoms with Crippen LogP contribution in [0, 0.1) is 5.92 Å². The van der Waals surface area contributed by atoms with Gasteiger partial charge in [-0.05, 0) is 42.7 Å². The Labute approximate surface area is 164 Å². The minimum Gasteiger partial charge on any atom is -0.507 e. The molecule has 1 aromatic carbocycles. The van der Waals surface area contributed by atoms with Gasteiger partial charge in [0.05, 0.1) is 19.7 Å². The van der Waals surface area contributed by atoms with Gasteiger partial charge in [0, 0.05) is 16.7 Å². The Morgan fingerprint density at radius 1 is 1.15 bits per heavy atom. The summed E-state index contributed by atoms with van der Waals surface area (Å²) in [5.41, 5.74) is 3.00. The summed E-state index contributed by atoms with van der Waals surface area (Å²) in [6.07, 6.45) is 1.98. The van der Waals surface area contributed by atoms with Crippen LogP contribution in [0.25, 0.3) is 0 Å². The fourth-order valence-electron chi connectivity index (χ4n) is 4.00. The van der Waals surface area contributed by atoms with Crippen molar-refractivity contribution in [3.8, 4) is 5.75 Å². The fourth-order valence-corrected chi connectivity index (χ4v) is 4.00. The molecule has 1 aromatic rings. The Morgan fingerprint density at radius 3 is 2.19 bits per heavy atom. The molecule has 2 atom stereocenters. The van der Waals surface area contributed by atoms with Gasteiger partial charge in [0.25, 0.3) is 0 Å². The smallest absolute Gasteiger partial charge is 0.314 e. The predicted octanol–water partition coefficient (Wildman–Crippen LogP) is 3.35. The van der Waals surface area contributed by atoms with Crippen molar-refractivity contribution in [2.75, 3.05) is 19.7 Å². The van der Waals surface area contributed by atoms with E-state index >= 15 is 0 Å². The summed E-state index contributed by atoms with van der Waals surface area (Å²) in [6, 6.07) is 4.32. The molecule has 1 heterocycles. The number of hydrogen-bond acceptors (Lipinski definition) is 3. The third-order valence-electron chi connectivity index (χ3n) is 5.48. The van der Waals surface area contributed by atoms with E-state index in [1.807, 2.05) is 6.92 Å². The van der Waals surface area contributed by atoms with Gasteiger partial charge in [-0.1, -0.05) is 41.5 Å². The third kappa shape index (κ3) is 5.47. The lowest BCUT2D eigenvalue weighted by Crippen LogP contribution is -3.12. The average molecular weight is 377 g/mol. The molecule has 0 radical (unpaired) electrons. The van der Waals surface area contributed by atoms with Crippen LogP contribution >= 0.6 is 0 Å². The van der Waals surface area contributed by atoms with Gasteiger partial charge in [-0.15, -0.1) is 0 Å². The van der Waals surface area contributed by atoms with Gasteiger partial charge in [-0.2, -0.15) is 0 Å². The summed E-state index contributed by atoms with van der Waals surface area (Å²) in [5, 5.41) is 10.9. The molecule has 0 saturated carbocycles. The first kappa shape index (κ1) is 21.7. The van der Waals surface area contributed by atoms with E-state index < -0.39 is 0 Å². The van der Waals surface area contributed by atoms with E-state index in [0.29, 0.717) is 12.4 Å². The van der Waals surface area contributed by atoms with E-state index in [2.05, 4.69) is 53.7 Å². The van der Waals surface area contributed by atoms with Gasteiger partial charge in [-0.3, -0.25) is 4.79 Å². The van der Waals surface area contributed by atoms with Crippen LogP contribution in [0.3, 0.4) is 0 Å². The maximum Gasteiger partial charge on any atom is 0.314 e. The molecule has 0 spiro atoms. The molecular formula is C23H38NO3+. The second kappa shape index (κ2) is 8.22. The van der Waals surface area contributed by atoms with Crippen LogP contribution in [0.15, 0.2) is 12.1 Å². The van der Waals surface area contributed by atoms with Gasteiger partial charge in [0.1, 0.15) is 18.2 Å². The molecule has 1 unspecified atom stereocenters. The number of quaternary nitrogens is 1. The van der Waals surface area contributed by atoms with Crippen molar-refractivity contribution in [1.82, 2.24) is 0 Å². The first-order chi connectivity index (χ1) is 12.4. The molecule has 2 rings (SSSR count). The molecule has 1 aliphatic heterocycles. The van der Waals surface area contributed by atoms with Crippen molar-refractivity contribution in [3.05, 3.63) is 28.8 Å². The zero-order valence-corrected chi connectivity index (χ0v) is 18.2. The quantitative estimate of drug-likeness (QED) is 0.793. The maximum absolute atomic E-state index is 12.1. The highest BCUT2D eigenvalue weighted by Gasteiger charge is 2.31. The van der Waals surface area contributed by atoms with Crippen molar-refractivity contribution in [1.29, 1.82) is 0 Å². The fraction of sp³-hybridized carbons (Fsp3) is 0.696. The number of benzene rings is 1. The average Bonchev–Trinajstić information content (AvgIpc) is 2.54. The van der Waals surface area contributed by atoms with Crippen LogP contribution in [-0.2, 0) is 26.9 Å². The molecule has 0 aliphatic carbocycles. The normalized spacial score (nSPS) is 21.1. The molecule has 1 aliphatic rings. The van der Waals surface area contributed by atoms with E-state index in [1.54, 1.807) is 0 Å². The minimum atomic E-state index is -0.120. The molecule has 1 saturated heterocycles. The van der Waals surface area contributed by atoms with E-state index in [-0.39, 0.29) is 22.7 Å². The van der Waals surface area contributed by atoms with E-state index in [9.17, 15) is 9.90 Å². The molecule has 1 fully saturated rings. The van der Waals surface area contributed by atoms with Gasteiger partial charge < -0.3 is 14.7 Å². The highest BCUT2D eigenvalue weighted by molar-refractivity contribution is 5.72. The number of rotatable bonds is 4. The van der Waals surface area contributed by atoms with Crippen LogP contribution in [0.2, 0.25) is 0 Å². The lowest BCUT2D eigenvalue weighted by atomic mass is 9.78. The third-order valence-corrected chi connectivity index (χ3v) is 5.48. The number of nitrogens with one attached hydrogen (secondary N) is 1. The number of phenols is 1. The summed E-state index contributed by atoms with van der Waals surface area (Å²) < 4.78 is 5.24. The Balaban J connectivity index is 2.29. The van der Waals surface area contributed by atoms with Crippen LogP contribution in [-0.4, -0.2) is 30.8 Å². The van der Waals surface area contributed by atoms with Crippen LogP contribution < -0.4 is 4.90 Å². The number of likely N-dealkylation sites (tertiary alicyclic amines) is 1. The van der Waals surface area contributed by atoms with Gasteiger partial charge in [-0.25, -0.2) is 0 Å². The number of aromatic hydroxyl groups is 1. The first-order valence-electron chi connectivity index (χ1n) is 10.3. The summed E-state index contributed by atoms with van der Waals surface area (Å²) in [5.74, 6) is 0.387. The van der Waals surface area contributed by atoms with Crippen molar-refractivity contribution in [2.45, 2.75) is 78.7 Å². The SMILES string of the molecule is CCOC(=O)[C@H]1CCC[NH+](Cc2cc(C(C)(C)C)c(O)c(C(C)(C)C)c2)C1.